The largest absolute Gasteiger partial charge is 0.496 e. The van der Waals surface area contributed by atoms with Crippen LogP contribution >= 0.6 is 0 Å². The van der Waals surface area contributed by atoms with E-state index in [9.17, 15) is 5.11 Å². The molecular formula is C20H37NO3. The fourth-order valence-corrected chi connectivity index (χ4v) is 2.27. The van der Waals surface area contributed by atoms with Crippen LogP contribution in [-0.2, 0) is 9.47 Å². The zero-order valence-corrected chi connectivity index (χ0v) is 16.6. The first-order valence-corrected chi connectivity index (χ1v) is 9.08. The van der Waals surface area contributed by atoms with Gasteiger partial charge >= 0.3 is 0 Å². The van der Waals surface area contributed by atoms with E-state index in [1.807, 2.05) is 39.8 Å². The number of ether oxygens (including phenoxy) is 2. The molecule has 0 rings (SSSR count). The van der Waals surface area contributed by atoms with Gasteiger partial charge in [-0.05, 0) is 46.5 Å². The summed E-state index contributed by atoms with van der Waals surface area (Å²) in [5, 5.41) is 10.8. The predicted molar refractivity (Wildman–Crippen MR) is 102 cm³/mol. The molecule has 0 aliphatic heterocycles. The third-order valence-electron chi connectivity index (χ3n) is 4.40. The van der Waals surface area contributed by atoms with Gasteiger partial charge in [-0.1, -0.05) is 39.5 Å². The van der Waals surface area contributed by atoms with Crippen molar-refractivity contribution in [1.82, 2.24) is 0 Å². The second-order valence-corrected chi connectivity index (χ2v) is 6.58. The van der Waals surface area contributed by atoms with Crippen molar-refractivity contribution in [1.29, 1.82) is 0 Å². The van der Waals surface area contributed by atoms with E-state index >= 15 is 0 Å². The Morgan fingerprint density at radius 1 is 1.21 bits per heavy atom. The first-order valence-electron chi connectivity index (χ1n) is 9.08. The van der Waals surface area contributed by atoms with Gasteiger partial charge in [0.15, 0.2) is 5.90 Å². The van der Waals surface area contributed by atoms with Gasteiger partial charge in [-0.15, -0.1) is 0 Å². The van der Waals surface area contributed by atoms with Crippen molar-refractivity contribution in [2.45, 2.75) is 73.0 Å². The lowest BCUT2D eigenvalue weighted by molar-refractivity contribution is 0.0621. The highest BCUT2D eigenvalue weighted by Gasteiger charge is 2.38. The van der Waals surface area contributed by atoms with Gasteiger partial charge in [-0.3, -0.25) is 0 Å². The van der Waals surface area contributed by atoms with Crippen molar-refractivity contribution in [2.24, 2.45) is 16.8 Å². The average molecular weight is 340 g/mol. The lowest BCUT2D eigenvalue weighted by Crippen LogP contribution is -2.42. The lowest BCUT2D eigenvalue weighted by atomic mass is 9.89. The van der Waals surface area contributed by atoms with Gasteiger partial charge in [-0.2, -0.15) is 0 Å². The van der Waals surface area contributed by atoms with Crippen molar-refractivity contribution in [2.75, 3.05) is 13.2 Å². The average Bonchev–Trinajstić information content (AvgIpc) is 2.53. The van der Waals surface area contributed by atoms with E-state index in [1.165, 1.54) is 0 Å². The summed E-state index contributed by atoms with van der Waals surface area (Å²) in [6.45, 7) is 19.1. The molecule has 0 aromatic carbocycles. The fraction of sp³-hybridized carbons (Fsp3) is 0.750. The number of rotatable bonds is 11. The molecule has 0 fully saturated rings. The molecule has 0 aliphatic rings. The summed E-state index contributed by atoms with van der Waals surface area (Å²) in [6.07, 6.45) is 4.70. The van der Waals surface area contributed by atoms with Gasteiger partial charge in [0.25, 0.3) is 0 Å². The van der Waals surface area contributed by atoms with Crippen LogP contribution in [0.15, 0.2) is 29.5 Å². The first-order chi connectivity index (χ1) is 11.2. The van der Waals surface area contributed by atoms with Crippen LogP contribution < -0.4 is 0 Å². The third kappa shape index (κ3) is 6.68. The van der Waals surface area contributed by atoms with Gasteiger partial charge in [0.1, 0.15) is 11.3 Å². The van der Waals surface area contributed by atoms with Crippen LogP contribution in [0.1, 0.15) is 61.3 Å². The van der Waals surface area contributed by atoms with E-state index < -0.39 is 11.6 Å². The molecule has 0 heterocycles. The highest BCUT2D eigenvalue weighted by molar-refractivity contribution is 5.79. The second-order valence-electron chi connectivity index (χ2n) is 6.58. The molecule has 140 valence electrons. The smallest absolute Gasteiger partial charge is 0.187 e. The molecule has 4 nitrogen and oxygen atoms in total. The minimum absolute atomic E-state index is 0.154. The monoisotopic (exact) mass is 339 g/mol. The zero-order chi connectivity index (χ0) is 18.8. The Labute approximate surface area is 148 Å². The molecular weight excluding hydrogens is 302 g/mol. The normalized spacial score (nSPS) is 17.6. The summed E-state index contributed by atoms with van der Waals surface area (Å²) in [5.41, 5.74) is -0.925. The molecule has 0 bridgehead atoms. The van der Waals surface area contributed by atoms with E-state index in [0.29, 0.717) is 37.2 Å². The number of hydrogen-bond acceptors (Lipinski definition) is 4. The van der Waals surface area contributed by atoms with Gasteiger partial charge in [0.2, 0.25) is 0 Å². The molecule has 0 aromatic heterocycles. The van der Waals surface area contributed by atoms with E-state index in [2.05, 4.69) is 27.4 Å². The van der Waals surface area contributed by atoms with E-state index in [4.69, 9.17) is 14.5 Å². The van der Waals surface area contributed by atoms with Crippen LogP contribution in [0.3, 0.4) is 0 Å². The Balaban J connectivity index is 5.71. The number of nitrogens with zero attached hydrogens (tertiary/aromatic N) is 1. The summed E-state index contributed by atoms with van der Waals surface area (Å²) in [4.78, 5) is 4.81. The van der Waals surface area contributed by atoms with Crippen LogP contribution in [0, 0.1) is 11.8 Å². The van der Waals surface area contributed by atoms with Crippen LogP contribution in [-0.4, -0.2) is 35.9 Å². The first kappa shape index (κ1) is 22.7. The molecule has 0 aromatic rings. The van der Waals surface area contributed by atoms with E-state index in [0.717, 1.165) is 6.42 Å². The van der Waals surface area contributed by atoms with Gasteiger partial charge in [-0.25, -0.2) is 4.99 Å². The number of allylic oxidation sites excluding steroid dienone is 2. The SMILES string of the molecule is C=C(OCC)[C@@](C)(N=C(OCC)C(C)C(C)C)[C@H](O)CC/C=C/C. The van der Waals surface area contributed by atoms with Crippen molar-refractivity contribution >= 4 is 5.90 Å². The van der Waals surface area contributed by atoms with Crippen molar-refractivity contribution < 1.29 is 14.6 Å². The molecule has 0 amide bonds. The Hall–Kier alpha value is -1.29. The zero-order valence-electron chi connectivity index (χ0n) is 16.6. The standard InChI is InChI=1S/C20H37NO3/c1-9-12-13-14-18(22)20(8,17(7)23-10-2)21-19(24-11-3)16(6)15(4)5/h9,12,15-16,18,22H,7,10-11,13-14H2,1-6,8H3/b12-9+,21-19?/t16?,18-,20-/m1/s1. The van der Waals surface area contributed by atoms with Gasteiger partial charge in [0, 0.05) is 5.92 Å². The molecule has 1 unspecified atom stereocenters. The van der Waals surface area contributed by atoms with Gasteiger partial charge in [0.05, 0.1) is 19.3 Å². The van der Waals surface area contributed by atoms with Crippen LogP contribution in [0.2, 0.25) is 0 Å². The Morgan fingerprint density at radius 2 is 1.79 bits per heavy atom. The van der Waals surface area contributed by atoms with Crippen LogP contribution in [0.4, 0.5) is 0 Å². The maximum Gasteiger partial charge on any atom is 0.187 e. The third-order valence-corrected chi connectivity index (χ3v) is 4.40. The summed E-state index contributed by atoms with van der Waals surface area (Å²) in [6, 6.07) is 0. The van der Waals surface area contributed by atoms with Gasteiger partial charge < -0.3 is 14.6 Å². The van der Waals surface area contributed by atoms with Crippen LogP contribution in [0.25, 0.3) is 0 Å². The maximum absolute atomic E-state index is 10.8. The Morgan fingerprint density at radius 3 is 2.25 bits per heavy atom. The number of aliphatic hydroxyl groups is 1. The minimum atomic E-state index is -0.925. The highest BCUT2D eigenvalue weighted by Crippen LogP contribution is 2.30. The van der Waals surface area contributed by atoms with Crippen molar-refractivity contribution in [3.63, 3.8) is 0 Å². The summed E-state index contributed by atoms with van der Waals surface area (Å²) < 4.78 is 11.4. The number of aliphatic imine (C=N–C) groups is 1. The molecule has 0 saturated carbocycles. The van der Waals surface area contributed by atoms with E-state index in [-0.39, 0.29) is 5.92 Å². The summed E-state index contributed by atoms with van der Waals surface area (Å²) in [7, 11) is 0. The fourth-order valence-electron chi connectivity index (χ4n) is 2.27. The molecule has 4 heteroatoms. The quantitative estimate of drug-likeness (QED) is 0.256. The van der Waals surface area contributed by atoms with E-state index in [1.54, 1.807) is 0 Å². The Kier molecular flexibility index (Phi) is 10.7. The predicted octanol–water partition coefficient (Wildman–Crippen LogP) is 4.74. The molecule has 0 saturated heterocycles. The second kappa shape index (κ2) is 11.3. The topological polar surface area (TPSA) is 51.0 Å². The highest BCUT2D eigenvalue weighted by atomic mass is 16.5. The number of aliphatic hydroxyl groups excluding tert-OH is 1. The molecule has 0 spiro atoms. The van der Waals surface area contributed by atoms with Crippen molar-refractivity contribution in [3.05, 3.63) is 24.5 Å². The van der Waals surface area contributed by atoms with Crippen molar-refractivity contribution in [3.8, 4) is 0 Å². The lowest BCUT2D eigenvalue weighted by Gasteiger charge is -2.34. The number of hydrogen-bond donors (Lipinski definition) is 1. The molecule has 0 radical (unpaired) electrons. The van der Waals surface area contributed by atoms with Crippen LogP contribution in [0.5, 0.6) is 0 Å². The molecule has 3 atom stereocenters. The minimum Gasteiger partial charge on any atom is -0.496 e. The summed E-state index contributed by atoms with van der Waals surface area (Å²) >= 11 is 0. The molecule has 1 N–H and O–H groups in total. The Bertz CT molecular complexity index is 429. The molecule has 0 aliphatic carbocycles. The maximum atomic E-state index is 10.8. The summed E-state index contributed by atoms with van der Waals surface area (Å²) in [5.74, 6) is 1.67. The molecule has 24 heavy (non-hydrogen) atoms.